The highest BCUT2D eigenvalue weighted by Crippen LogP contribution is 2.18. The number of nitrogens with two attached hydrogens (primary N) is 3. The lowest BCUT2D eigenvalue weighted by Gasteiger charge is -2.11. The molecule has 1 unspecified atom stereocenters. The smallest absolute Gasteiger partial charge is 0.0992 e. The average molecular weight is 176 g/mol. The summed E-state index contributed by atoms with van der Waals surface area (Å²) in [6, 6.07) is 6.77. The van der Waals surface area contributed by atoms with Crippen LogP contribution in [-0.2, 0) is 0 Å². The van der Waals surface area contributed by atoms with Crippen LogP contribution in [0, 0.1) is 11.3 Å². The van der Waals surface area contributed by atoms with Gasteiger partial charge in [-0.3, -0.25) is 0 Å². The second kappa shape index (κ2) is 3.90. The monoisotopic (exact) mass is 176 g/mol. The molecule has 0 heterocycles. The Labute approximate surface area is 76.9 Å². The molecule has 13 heavy (non-hydrogen) atoms. The Morgan fingerprint density at radius 1 is 1.46 bits per heavy atom. The van der Waals surface area contributed by atoms with E-state index < -0.39 is 0 Å². The van der Waals surface area contributed by atoms with E-state index in [1.165, 1.54) is 0 Å². The van der Waals surface area contributed by atoms with Crippen molar-refractivity contribution in [3.05, 3.63) is 29.3 Å². The van der Waals surface area contributed by atoms with E-state index in [9.17, 15) is 0 Å². The molecule has 1 aromatic rings. The van der Waals surface area contributed by atoms with E-state index in [0.717, 1.165) is 5.56 Å². The molecule has 0 bridgehead atoms. The summed E-state index contributed by atoms with van der Waals surface area (Å²) in [4.78, 5) is 0. The minimum atomic E-state index is -0.257. The molecule has 4 heteroatoms. The van der Waals surface area contributed by atoms with E-state index in [1.807, 2.05) is 6.07 Å². The quantitative estimate of drug-likeness (QED) is 0.556. The van der Waals surface area contributed by atoms with Crippen molar-refractivity contribution in [1.29, 1.82) is 5.26 Å². The molecule has 0 saturated heterocycles. The Morgan fingerprint density at radius 2 is 2.15 bits per heavy atom. The van der Waals surface area contributed by atoms with Crippen molar-refractivity contribution in [2.24, 2.45) is 11.5 Å². The summed E-state index contributed by atoms with van der Waals surface area (Å²) in [5.74, 6) is 0. The van der Waals surface area contributed by atoms with Gasteiger partial charge in [0.25, 0.3) is 0 Å². The zero-order valence-corrected chi connectivity index (χ0v) is 7.20. The van der Waals surface area contributed by atoms with Gasteiger partial charge in [-0.2, -0.15) is 5.26 Å². The molecule has 0 aliphatic carbocycles. The van der Waals surface area contributed by atoms with E-state index in [-0.39, 0.29) is 6.04 Å². The number of hydrogen-bond acceptors (Lipinski definition) is 4. The molecular formula is C9H12N4. The van der Waals surface area contributed by atoms with Crippen molar-refractivity contribution < 1.29 is 0 Å². The maximum atomic E-state index is 8.59. The van der Waals surface area contributed by atoms with Crippen molar-refractivity contribution in [3.63, 3.8) is 0 Å². The van der Waals surface area contributed by atoms with Crippen LogP contribution in [0.2, 0.25) is 0 Å². The summed E-state index contributed by atoms with van der Waals surface area (Å²) in [7, 11) is 0. The van der Waals surface area contributed by atoms with Gasteiger partial charge in [-0.25, -0.2) is 0 Å². The molecule has 1 atom stereocenters. The fraction of sp³-hybridized carbons (Fsp3) is 0.222. The lowest BCUT2D eigenvalue weighted by Crippen LogP contribution is -2.21. The van der Waals surface area contributed by atoms with Gasteiger partial charge in [-0.15, -0.1) is 0 Å². The largest absolute Gasteiger partial charge is 0.398 e. The van der Waals surface area contributed by atoms with Crippen molar-refractivity contribution in [2.75, 3.05) is 12.3 Å². The average Bonchev–Trinajstić information content (AvgIpc) is 2.16. The van der Waals surface area contributed by atoms with Gasteiger partial charge >= 0.3 is 0 Å². The third-order valence-corrected chi connectivity index (χ3v) is 1.87. The maximum Gasteiger partial charge on any atom is 0.0992 e. The van der Waals surface area contributed by atoms with Crippen molar-refractivity contribution >= 4 is 5.69 Å². The fourth-order valence-corrected chi connectivity index (χ4v) is 1.11. The Bertz CT molecular complexity index is 340. The molecule has 68 valence electrons. The minimum absolute atomic E-state index is 0.257. The van der Waals surface area contributed by atoms with E-state index in [1.54, 1.807) is 18.2 Å². The summed E-state index contributed by atoms with van der Waals surface area (Å²) in [5.41, 5.74) is 18.6. The van der Waals surface area contributed by atoms with Gasteiger partial charge in [0.15, 0.2) is 0 Å². The van der Waals surface area contributed by atoms with Gasteiger partial charge in [0, 0.05) is 18.3 Å². The molecular weight excluding hydrogens is 164 g/mol. The van der Waals surface area contributed by atoms with Crippen molar-refractivity contribution in [1.82, 2.24) is 0 Å². The van der Waals surface area contributed by atoms with Crippen LogP contribution in [0.15, 0.2) is 18.2 Å². The van der Waals surface area contributed by atoms with E-state index in [2.05, 4.69) is 0 Å². The first-order chi connectivity index (χ1) is 6.19. The SMILES string of the molecule is N#Cc1ccc(C(N)CN)c(N)c1. The predicted molar refractivity (Wildman–Crippen MR) is 51.6 cm³/mol. The first kappa shape index (κ1) is 9.52. The van der Waals surface area contributed by atoms with Crippen LogP contribution in [0.25, 0.3) is 0 Å². The Hall–Kier alpha value is -1.57. The molecule has 0 amide bonds. The molecule has 0 radical (unpaired) electrons. The van der Waals surface area contributed by atoms with Gasteiger partial charge in [0.2, 0.25) is 0 Å². The minimum Gasteiger partial charge on any atom is -0.398 e. The zero-order valence-electron chi connectivity index (χ0n) is 7.20. The van der Waals surface area contributed by atoms with Gasteiger partial charge < -0.3 is 17.2 Å². The lowest BCUT2D eigenvalue weighted by atomic mass is 10.0. The topological polar surface area (TPSA) is 102 Å². The van der Waals surface area contributed by atoms with Crippen LogP contribution in [0.1, 0.15) is 17.2 Å². The Morgan fingerprint density at radius 3 is 2.62 bits per heavy atom. The standard InChI is InChI=1S/C9H12N4/c10-4-6-1-2-7(8(12)3-6)9(13)5-11/h1-3,9H,5,11-13H2. The number of hydrogen-bond donors (Lipinski definition) is 3. The highest BCUT2D eigenvalue weighted by Gasteiger charge is 2.07. The third kappa shape index (κ3) is 1.96. The van der Waals surface area contributed by atoms with Crippen molar-refractivity contribution in [3.8, 4) is 6.07 Å². The van der Waals surface area contributed by atoms with Gasteiger partial charge in [-0.1, -0.05) is 6.07 Å². The highest BCUT2D eigenvalue weighted by molar-refractivity contribution is 5.53. The molecule has 1 aromatic carbocycles. The number of rotatable bonds is 2. The number of anilines is 1. The van der Waals surface area contributed by atoms with E-state index >= 15 is 0 Å². The van der Waals surface area contributed by atoms with Crippen LogP contribution in [-0.4, -0.2) is 6.54 Å². The number of nitrogen functional groups attached to an aromatic ring is 1. The third-order valence-electron chi connectivity index (χ3n) is 1.87. The van der Waals surface area contributed by atoms with Crippen LogP contribution < -0.4 is 17.2 Å². The molecule has 0 spiro atoms. The molecule has 0 saturated carbocycles. The molecule has 1 rings (SSSR count). The normalized spacial score (nSPS) is 12.1. The summed E-state index contributed by atoms with van der Waals surface area (Å²) >= 11 is 0. The molecule has 6 N–H and O–H groups in total. The summed E-state index contributed by atoms with van der Waals surface area (Å²) in [6.45, 7) is 0.343. The van der Waals surface area contributed by atoms with Crippen LogP contribution >= 0.6 is 0 Å². The second-order valence-corrected chi connectivity index (χ2v) is 2.80. The summed E-state index contributed by atoms with van der Waals surface area (Å²) < 4.78 is 0. The maximum absolute atomic E-state index is 8.59. The highest BCUT2D eigenvalue weighted by atomic mass is 14.7. The van der Waals surface area contributed by atoms with Gasteiger partial charge in [0.1, 0.15) is 0 Å². The number of nitriles is 1. The Kier molecular flexibility index (Phi) is 2.85. The number of benzene rings is 1. The predicted octanol–water partition coefficient (Wildman–Crippen LogP) is 0.0990. The first-order valence-corrected chi connectivity index (χ1v) is 3.94. The lowest BCUT2D eigenvalue weighted by molar-refractivity contribution is 0.739. The second-order valence-electron chi connectivity index (χ2n) is 2.80. The Balaban J connectivity index is 3.07. The van der Waals surface area contributed by atoms with Crippen LogP contribution in [0.5, 0.6) is 0 Å². The molecule has 0 aliphatic rings. The van der Waals surface area contributed by atoms with Crippen LogP contribution in [0.3, 0.4) is 0 Å². The summed E-state index contributed by atoms with van der Waals surface area (Å²) in [6.07, 6.45) is 0. The molecule has 0 fully saturated rings. The zero-order chi connectivity index (χ0) is 9.84. The summed E-state index contributed by atoms with van der Waals surface area (Å²) in [5, 5.41) is 8.59. The van der Waals surface area contributed by atoms with Crippen LogP contribution in [0.4, 0.5) is 5.69 Å². The van der Waals surface area contributed by atoms with Gasteiger partial charge in [0.05, 0.1) is 11.6 Å². The molecule has 0 aromatic heterocycles. The van der Waals surface area contributed by atoms with E-state index in [0.29, 0.717) is 17.8 Å². The van der Waals surface area contributed by atoms with E-state index in [4.69, 9.17) is 22.5 Å². The van der Waals surface area contributed by atoms with Crippen molar-refractivity contribution in [2.45, 2.75) is 6.04 Å². The fourth-order valence-electron chi connectivity index (χ4n) is 1.11. The first-order valence-electron chi connectivity index (χ1n) is 3.94. The molecule has 0 aliphatic heterocycles. The molecule has 4 nitrogen and oxygen atoms in total. The number of nitrogens with zero attached hydrogens (tertiary/aromatic N) is 1. The van der Waals surface area contributed by atoms with Gasteiger partial charge in [-0.05, 0) is 17.7 Å².